The van der Waals surface area contributed by atoms with Crippen LogP contribution in [0.3, 0.4) is 0 Å². The van der Waals surface area contributed by atoms with Crippen molar-refractivity contribution in [2.24, 2.45) is 17.3 Å². The lowest BCUT2D eigenvalue weighted by atomic mass is 9.77. The molecule has 0 amide bonds. The molecule has 0 aromatic heterocycles. The Kier molecular flexibility index (Phi) is 2.61. The maximum absolute atomic E-state index is 2.44. The number of hydrogen-bond acceptors (Lipinski definition) is 0. The molecule has 0 heteroatoms. The largest absolute Gasteiger partial charge is 0.0654 e. The van der Waals surface area contributed by atoms with Crippen molar-refractivity contribution in [1.29, 1.82) is 0 Å². The highest BCUT2D eigenvalue weighted by Gasteiger charge is 2.38. The number of rotatable bonds is 2. The van der Waals surface area contributed by atoms with Gasteiger partial charge in [0.15, 0.2) is 0 Å². The quantitative estimate of drug-likeness (QED) is 0.566. The zero-order valence-corrected chi connectivity index (χ0v) is 8.48. The third-order valence-electron chi connectivity index (χ3n) is 3.53. The first-order valence-corrected chi connectivity index (χ1v) is 5.08. The minimum atomic E-state index is 0.634. The zero-order chi connectivity index (χ0) is 8.48. The van der Waals surface area contributed by atoms with E-state index in [-0.39, 0.29) is 0 Å². The molecule has 0 heterocycles. The van der Waals surface area contributed by atoms with E-state index >= 15 is 0 Å². The molecule has 0 saturated heterocycles. The Balaban J connectivity index is 2.57. The first-order chi connectivity index (χ1) is 5.08. The first-order valence-electron chi connectivity index (χ1n) is 5.08. The van der Waals surface area contributed by atoms with Gasteiger partial charge in [0.05, 0.1) is 0 Å². The lowest BCUT2D eigenvalue weighted by Gasteiger charge is -2.29. The summed E-state index contributed by atoms with van der Waals surface area (Å²) in [6, 6.07) is 0. The third kappa shape index (κ3) is 1.77. The molecule has 1 fully saturated rings. The second-order valence-electron chi connectivity index (χ2n) is 4.90. The van der Waals surface area contributed by atoms with E-state index < -0.39 is 0 Å². The molecule has 0 aromatic rings. The molecule has 66 valence electrons. The maximum atomic E-state index is 2.44. The van der Waals surface area contributed by atoms with Gasteiger partial charge >= 0.3 is 0 Å². The predicted molar refractivity (Wildman–Crippen MR) is 50.6 cm³/mol. The Morgan fingerprint density at radius 2 is 2.00 bits per heavy atom. The Morgan fingerprint density at radius 3 is 2.36 bits per heavy atom. The molecule has 0 aliphatic heterocycles. The molecule has 0 radical (unpaired) electrons. The fourth-order valence-electron chi connectivity index (χ4n) is 2.74. The second-order valence-corrected chi connectivity index (χ2v) is 4.90. The lowest BCUT2D eigenvalue weighted by Crippen LogP contribution is -2.20. The minimum absolute atomic E-state index is 0.634. The molecule has 0 bridgehead atoms. The van der Waals surface area contributed by atoms with Gasteiger partial charge in [-0.3, -0.25) is 0 Å². The smallest absolute Gasteiger partial charge is 0.0323 e. The minimum Gasteiger partial charge on any atom is -0.0654 e. The molecule has 0 N–H and O–H groups in total. The van der Waals surface area contributed by atoms with E-state index in [0.717, 1.165) is 11.8 Å². The lowest BCUT2D eigenvalue weighted by molar-refractivity contribution is 0.210. The van der Waals surface area contributed by atoms with Crippen molar-refractivity contribution in [2.45, 2.75) is 53.4 Å². The van der Waals surface area contributed by atoms with Gasteiger partial charge in [-0.25, -0.2) is 0 Å². The van der Waals surface area contributed by atoms with Gasteiger partial charge in [0.1, 0.15) is 0 Å². The van der Waals surface area contributed by atoms with Gasteiger partial charge in [-0.15, -0.1) is 0 Å². The topological polar surface area (TPSA) is 0 Å². The van der Waals surface area contributed by atoms with Crippen LogP contribution >= 0.6 is 0 Å². The average molecular weight is 154 g/mol. The van der Waals surface area contributed by atoms with Crippen LogP contribution in [0.25, 0.3) is 0 Å². The van der Waals surface area contributed by atoms with E-state index in [0.29, 0.717) is 5.41 Å². The van der Waals surface area contributed by atoms with Crippen molar-refractivity contribution in [3.8, 4) is 0 Å². The number of hydrogen-bond donors (Lipinski definition) is 0. The van der Waals surface area contributed by atoms with Crippen LogP contribution in [0.1, 0.15) is 53.4 Å². The van der Waals surface area contributed by atoms with Gasteiger partial charge in [-0.2, -0.15) is 0 Å². The molecular formula is C11H22. The van der Waals surface area contributed by atoms with E-state index in [9.17, 15) is 0 Å². The van der Waals surface area contributed by atoms with Crippen LogP contribution in [0.15, 0.2) is 0 Å². The van der Waals surface area contributed by atoms with Crippen LogP contribution in [0.5, 0.6) is 0 Å². The summed E-state index contributed by atoms with van der Waals surface area (Å²) in [5.74, 6) is 1.97. The van der Waals surface area contributed by atoms with Crippen molar-refractivity contribution in [3.05, 3.63) is 0 Å². The summed E-state index contributed by atoms with van der Waals surface area (Å²) in [4.78, 5) is 0. The van der Waals surface area contributed by atoms with Crippen LogP contribution in [0.2, 0.25) is 0 Å². The maximum Gasteiger partial charge on any atom is -0.0323 e. The average Bonchev–Trinajstić information content (AvgIpc) is 2.16. The molecule has 11 heavy (non-hydrogen) atoms. The molecule has 1 rings (SSSR count). The van der Waals surface area contributed by atoms with Crippen molar-refractivity contribution in [3.63, 3.8) is 0 Å². The Morgan fingerprint density at radius 1 is 1.36 bits per heavy atom. The molecule has 1 saturated carbocycles. The van der Waals surface area contributed by atoms with Crippen LogP contribution in [0.4, 0.5) is 0 Å². The van der Waals surface area contributed by atoms with Crippen LogP contribution in [-0.4, -0.2) is 0 Å². The normalized spacial score (nSPS) is 36.0. The molecular weight excluding hydrogens is 132 g/mol. The molecule has 2 atom stereocenters. The monoisotopic (exact) mass is 154 g/mol. The van der Waals surface area contributed by atoms with Gasteiger partial charge in [0, 0.05) is 0 Å². The van der Waals surface area contributed by atoms with Gasteiger partial charge < -0.3 is 0 Å². The Bertz CT molecular complexity index is 124. The first kappa shape index (κ1) is 9.09. The van der Waals surface area contributed by atoms with Crippen molar-refractivity contribution < 1.29 is 0 Å². The van der Waals surface area contributed by atoms with Gasteiger partial charge in [-0.1, -0.05) is 34.1 Å². The second kappa shape index (κ2) is 3.16. The van der Waals surface area contributed by atoms with Crippen molar-refractivity contribution >= 4 is 0 Å². The highest BCUT2D eigenvalue weighted by atomic mass is 14.4. The van der Waals surface area contributed by atoms with Gasteiger partial charge in [-0.05, 0) is 36.5 Å². The summed E-state index contributed by atoms with van der Waals surface area (Å²) < 4.78 is 0. The van der Waals surface area contributed by atoms with E-state index in [4.69, 9.17) is 0 Å². The van der Waals surface area contributed by atoms with Crippen LogP contribution in [-0.2, 0) is 0 Å². The Hall–Kier alpha value is 0. The SMILES string of the molecule is CCC[C@@H]1[C@@H](C)CCC1(C)C. The van der Waals surface area contributed by atoms with Gasteiger partial charge in [0.2, 0.25) is 0 Å². The Labute approximate surface area is 71.4 Å². The summed E-state index contributed by atoms with van der Waals surface area (Å²) in [6.07, 6.45) is 5.70. The third-order valence-corrected chi connectivity index (χ3v) is 3.53. The van der Waals surface area contributed by atoms with Crippen LogP contribution < -0.4 is 0 Å². The van der Waals surface area contributed by atoms with Crippen molar-refractivity contribution in [1.82, 2.24) is 0 Å². The highest BCUT2D eigenvalue weighted by molar-refractivity contribution is 4.88. The highest BCUT2D eigenvalue weighted by Crippen LogP contribution is 2.48. The molecule has 0 unspecified atom stereocenters. The predicted octanol–water partition coefficient (Wildman–Crippen LogP) is 3.86. The molecule has 1 aliphatic carbocycles. The van der Waals surface area contributed by atoms with Crippen molar-refractivity contribution in [2.75, 3.05) is 0 Å². The molecule has 1 aliphatic rings. The summed E-state index contributed by atoms with van der Waals surface area (Å²) >= 11 is 0. The molecule has 0 aromatic carbocycles. The molecule has 0 nitrogen and oxygen atoms in total. The summed E-state index contributed by atoms with van der Waals surface area (Å²) in [5, 5.41) is 0. The van der Waals surface area contributed by atoms with E-state index in [1.54, 1.807) is 0 Å². The summed E-state index contributed by atoms with van der Waals surface area (Å²) in [6.45, 7) is 9.61. The van der Waals surface area contributed by atoms with E-state index in [1.165, 1.54) is 25.7 Å². The van der Waals surface area contributed by atoms with Gasteiger partial charge in [0.25, 0.3) is 0 Å². The summed E-state index contributed by atoms with van der Waals surface area (Å²) in [5.41, 5.74) is 0.634. The standard InChI is InChI=1S/C11H22/c1-5-6-10-9(2)7-8-11(10,3)4/h9-10H,5-8H2,1-4H3/t9-,10+/m0/s1. The zero-order valence-electron chi connectivity index (χ0n) is 8.48. The fraction of sp³-hybridized carbons (Fsp3) is 1.00. The molecule has 0 spiro atoms. The summed E-state index contributed by atoms with van der Waals surface area (Å²) in [7, 11) is 0. The van der Waals surface area contributed by atoms with E-state index in [1.807, 2.05) is 0 Å². The fourth-order valence-corrected chi connectivity index (χ4v) is 2.74. The van der Waals surface area contributed by atoms with E-state index in [2.05, 4.69) is 27.7 Å². The van der Waals surface area contributed by atoms with Crippen LogP contribution in [0, 0.1) is 17.3 Å².